The Morgan fingerprint density at radius 1 is 1.17 bits per heavy atom. The van der Waals surface area contributed by atoms with Crippen molar-refractivity contribution in [2.75, 3.05) is 0 Å². The number of rotatable bonds is 2. The Labute approximate surface area is 161 Å². The fraction of sp³-hybridized carbons (Fsp3) is 0. The Kier molecular flexibility index (Phi) is 5.12. The van der Waals surface area contributed by atoms with E-state index in [1.807, 2.05) is 24.3 Å². The van der Waals surface area contributed by atoms with E-state index < -0.39 is 17.6 Å². The molecule has 7 heteroatoms. The number of carbonyl (C=O) groups excluding carboxylic acids is 2. The summed E-state index contributed by atoms with van der Waals surface area (Å²) in [5, 5.41) is 0. The summed E-state index contributed by atoms with van der Waals surface area (Å²) in [7, 11) is 0. The van der Waals surface area contributed by atoms with Crippen LogP contribution in [-0.2, 0) is 4.79 Å². The van der Waals surface area contributed by atoms with Gasteiger partial charge < -0.3 is 0 Å². The Hall–Kier alpha value is -1.58. The van der Waals surface area contributed by atoms with Crippen molar-refractivity contribution >= 4 is 68.8 Å². The molecule has 120 valence electrons. The van der Waals surface area contributed by atoms with Crippen molar-refractivity contribution in [1.29, 1.82) is 0 Å². The minimum atomic E-state index is -0.748. The normalized spacial score (nSPS) is 16.1. The number of benzene rings is 2. The first-order valence-corrected chi connectivity index (χ1v) is 9.10. The van der Waals surface area contributed by atoms with Crippen LogP contribution in [0.1, 0.15) is 15.9 Å². The van der Waals surface area contributed by atoms with Gasteiger partial charge in [0.15, 0.2) is 4.32 Å². The molecule has 2 aromatic rings. The van der Waals surface area contributed by atoms with E-state index in [1.54, 1.807) is 6.08 Å². The number of carbonyl (C=O) groups is 2. The topological polar surface area (TPSA) is 37.4 Å². The van der Waals surface area contributed by atoms with Gasteiger partial charge in [-0.25, -0.2) is 9.29 Å². The van der Waals surface area contributed by atoms with E-state index in [2.05, 4.69) is 22.6 Å². The molecule has 24 heavy (non-hydrogen) atoms. The quantitative estimate of drug-likeness (QED) is 0.282. The van der Waals surface area contributed by atoms with Gasteiger partial charge in [0.05, 0.1) is 10.5 Å². The second-order valence-corrected chi connectivity index (χ2v) is 7.66. The summed E-state index contributed by atoms with van der Waals surface area (Å²) in [5.74, 6) is -1.96. The van der Waals surface area contributed by atoms with Gasteiger partial charge in [-0.05, 0) is 52.4 Å². The van der Waals surface area contributed by atoms with E-state index in [9.17, 15) is 14.0 Å². The van der Waals surface area contributed by atoms with E-state index in [1.165, 1.54) is 24.3 Å². The maximum absolute atomic E-state index is 13.8. The molecule has 0 saturated carbocycles. The molecule has 1 aliphatic heterocycles. The summed E-state index contributed by atoms with van der Waals surface area (Å²) in [4.78, 5) is 26.2. The van der Waals surface area contributed by atoms with Gasteiger partial charge in [0.25, 0.3) is 11.8 Å². The number of nitrogens with zero attached hydrogens (tertiary/aromatic N) is 1. The fourth-order valence-electron chi connectivity index (χ4n) is 2.13. The summed E-state index contributed by atoms with van der Waals surface area (Å²) in [6.07, 6.45) is 1.69. The third kappa shape index (κ3) is 3.28. The molecule has 2 amide bonds. The van der Waals surface area contributed by atoms with Gasteiger partial charge in [0.2, 0.25) is 0 Å². The van der Waals surface area contributed by atoms with Crippen molar-refractivity contribution in [1.82, 2.24) is 4.90 Å². The highest BCUT2D eigenvalue weighted by molar-refractivity contribution is 14.1. The monoisotopic (exact) mass is 469 g/mol. The highest BCUT2D eigenvalue weighted by Crippen LogP contribution is 2.34. The van der Waals surface area contributed by atoms with Crippen LogP contribution in [0.4, 0.5) is 4.39 Å². The summed E-state index contributed by atoms with van der Waals surface area (Å²) in [6, 6.07) is 13.1. The van der Waals surface area contributed by atoms with E-state index >= 15 is 0 Å². The van der Waals surface area contributed by atoms with E-state index in [4.69, 9.17) is 12.2 Å². The largest absolute Gasteiger partial charge is 0.273 e. The molecule has 0 aromatic heterocycles. The average molecular weight is 469 g/mol. The minimum absolute atomic E-state index is 0.102. The number of imide groups is 1. The highest BCUT2D eigenvalue weighted by atomic mass is 127. The van der Waals surface area contributed by atoms with E-state index in [0.29, 0.717) is 4.91 Å². The van der Waals surface area contributed by atoms with E-state index in [0.717, 1.165) is 25.8 Å². The lowest BCUT2D eigenvalue weighted by atomic mass is 10.2. The zero-order chi connectivity index (χ0) is 17.3. The molecular weight excluding hydrogens is 460 g/mol. The molecule has 1 saturated heterocycles. The SMILES string of the molecule is O=C1C(=Cc2ccccc2I)SC(=S)N1C(=O)c1ccccc1F. The minimum Gasteiger partial charge on any atom is -0.268 e. The number of thiocarbonyl (C=S) groups is 1. The fourth-order valence-corrected chi connectivity index (χ4v) is 3.92. The number of hydrogen-bond donors (Lipinski definition) is 0. The second kappa shape index (κ2) is 7.12. The van der Waals surface area contributed by atoms with Crippen molar-refractivity contribution in [3.63, 3.8) is 0 Å². The molecule has 3 nitrogen and oxygen atoms in total. The van der Waals surface area contributed by atoms with Gasteiger partial charge in [0.1, 0.15) is 5.82 Å². The van der Waals surface area contributed by atoms with Gasteiger partial charge in [-0.2, -0.15) is 0 Å². The number of hydrogen-bond acceptors (Lipinski definition) is 4. The Morgan fingerprint density at radius 3 is 2.54 bits per heavy atom. The van der Waals surface area contributed by atoms with Crippen molar-refractivity contribution in [3.8, 4) is 0 Å². The molecule has 0 atom stereocenters. The maximum atomic E-state index is 13.8. The van der Waals surface area contributed by atoms with Crippen LogP contribution in [0.3, 0.4) is 0 Å². The van der Waals surface area contributed by atoms with Crippen LogP contribution in [0.15, 0.2) is 53.4 Å². The van der Waals surface area contributed by atoms with Gasteiger partial charge in [-0.3, -0.25) is 9.59 Å². The number of halogens is 2. The van der Waals surface area contributed by atoms with Crippen molar-refractivity contribution in [3.05, 3.63) is 74.0 Å². The van der Waals surface area contributed by atoms with Gasteiger partial charge in [0, 0.05) is 3.57 Å². The van der Waals surface area contributed by atoms with Crippen molar-refractivity contribution in [2.45, 2.75) is 0 Å². The smallest absolute Gasteiger partial charge is 0.268 e. The standard InChI is InChI=1S/C17H9FINO2S2/c18-12-7-3-2-6-11(12)15(21)20-16(22)14(24-17(20)23)9-10-5-1-4-8-13(10)19/h1-9H. The predicted octanol–water partition coefficient (Wildman–Crippen LogP) is 4.47. The lowest BCUT2D eigenvalue weighted by Crippen LogP contribution is -2.35. The Morgan fingerprint density at radius 2 is 1.83 bits per heavy atom. The molecule has 1 heterocycles. The zero-order valence-corrected chi connectivity index (χ0v) is 15.8. The van der Waals surface area contributed by atoms with Crippen LogP contribution in [0.2, 0.25) is 0 Å². The first-order chi connectivity index (χ1) is 11.5. The first-order valence-electron chi connectivity index (χ1n) is 6.80. The number of amides is 2. The molecule has 1 aliphatic rings. The predicted molar refractivity (Wildman–Crippen MR) is 105 cm³/mol. The molecular formula is C17H9FINO2S2. The first kappa shape index (κ1) is 17.2. The van der Waals surface area contributed by atoms with Crippen LogP contribution < -0.4 is 0 Å². The maximum Gasteiger partial charge on any atom is 0.273 e. The molecule has 1 fully saturated rings. The molecule has 0 radical (unpaired) electrons. The van der Waals surface area contributed by atoms with Crippen LogP contribution in [0.5, 0.6) is 0 Å². The van der Waals surface area contributed by atoms with Crippen molar-refractivity contribution in [2.24, 2.45) is 0 Å². The number of thioether (sulfide) groups is 1. The molecule has 0 unspecified atom stereocenters. The van der Waals surface area contributed by atoms with Gasteiger partial charge in [-0.15, -0.1) is 0 Å². The lowest BCUT2D eigenvalue weighted by Gasteiger charge is -2.12. The van der Waals surface area contributed by atoms with Crippen molar-refractivity contribution < 1.29 is 14.0 Å². The summed E-state index contributed by atoms with van der Waals surface area (Å²) in [5.41, 5.74) is 0.682. The van der Waals surface area contributed by atoms with Crippen LogP contribution in [0.25, 0.3) is 6.08 Å². The Balaban J connectivity index is 1.94. The molecule has 2 aromatic carbocycles. The van der Waals surface area contributed by atoms with Crippen LogP contribution in [0, 0.1) is 9.39 Å². The summed E-state index contributed by atoms with van der Waals surface area (Å²) < 4.78 is 14.9. The zero-order valence-electron chi connectivity index (χ0n) is 12.0. The van der Waals surface area contributed by atoms with Crippen LogP contribution >= 0.6 is 46.6 Å². The molecule has 0 bridgehead atoms. The Bertz CT molecular complexity index is 898. The van der Waals surface area contributed by atoms with E-state index in [-0.39, 0.29) is 9.88 Å². The summed E-state index contributed by atoms with van der Waals surface area (Å²) >= 11 is 8.35. The summed E-state index contributed by atoms with van der Waals surface area (Å²) in [6.45, 7) is 0. The molecule has 0 aliphatic carbocycles. The molecule has 3 rings (SSSR count). The third-order valence-corrected chi connectivity index (χ3v) is 5.58. The average Bonchev–Trinajstić information content (AvgIpc) is 2.83. The van der Waals surface area contributed by atoms with Gasteiger partial charge >= 0.3 is 0 Å². The van der Waals surface area contributed by atoms with Crippen LogP contribution in [-0.4, -0.2) is 21.0 Å². The lowest BCUT2D eigenvalue weighted by molar-refractivity contribution is -0.120. The molecule has 0 spiro atoms. The molecule has 0 N–H and O–H groups in total. The van der Waals surface area contributed by atoms with Gasteiger partial charge in [-0.1, -0.05) is 54.3 Å². The highest BCUT2D eigenvalue weighted by Gasteiger charge is 2.38. The second-order valence-electron chi connectivity index (χ2n) is 4.82. The third-order valence-electron chi connectivity index (χ3n) is 3.29.